The van der Waals surface area contributed by atoms with Gasteiger partial charge >= 0.3 is 0 Å². The van der Waals surface area contributed by atoms with E-state index in [1.807, 2.05) is 11.4 Å². The molecule has 0 atom stereocenters. The van der Waals surface area contributed by atoms with Crippen LogP contribution in [0.2, 0.25) is 0 Å². The molecule has 0 radical (unpaired) electrons. The van der Waals surface area contributed by atoms with Crippen molar-refractivity contribution in [3.63, 3.8) is 0 Å². The Bertz CT molecular complexity index is 1190. The summed E-state index contributed by atoms with van der Waals surface area (Å²) < 4.78 is 36.9. The van der Waals surface area contributed by atoms with Crippen molar-refractivity contribution in [1.82, 2.24) is 9.29 Å². The molecule has 3 rings (SSSR count). The number of hydrogen-bond acceptors (Lipinski definition) is 8. The molecule has 0 aliphatic carbocycles. The number of carbonyl (C=O) groups excluding carboxylic acids is 1. The fourth-order valence-electron chi connectivity index (χ4n) is 2.89. The van der Waals surface area contributed by atoms with E-state index in [1.165, 1.54) is 44.7 Å². The number of thiazole rings is 1. The number of amides is 1. The molecule has 3 aromatic rings. The van der Waals surface area contributed by atoms with Crippen LogP contribution < -0.4 is 20.1 Å². The Morgan fingerprint density at radius 1 is 1.12 bits per heavy atom. The van der Waals surface area contributed by atoms with Gasteiger partial charge in [-0.2, -0.15) is 4.31 Å². The summed E-state index contributed by atoms with van der Waals surface area (Å²) in [5.74, 6) is 0.485. The Morgan fingerprint density at radius 3 is 2.44 bits per heavy atom. The predicted molar refractivity (Wildman–Crippen MR) is 125 cm³/mol. The van der Waals surface area contributed by atoms with Crippen LogP contribution in [0.1, 0.15) is 0 Å². The molecule has 9 nitrogen and oxygen atoms in total. The second kappa shape index (κ2) is 9.98. The summed E-state index contributed by atoms with van der Waals surface area (Å²) in [5.41, 5.74) is 1.96. The lowest BCUT2D eigenvalue weighted by atomic mass is 10.1. The van der Waals surface area contributed by atoms with Gasteiger partial charge in [-0.3, -0.25) is 4.79 Å². The maximum atomic E-state index is 12.8. The molecule has 0 aliphatic rings. The number of nitrogens with zero attached hydrogens (tertiary/aromatic N) is 2. The van der Waals surface area contributed by atoms with Crippen molar-refractivity contribution in [2.75, 3.05) is 45.5 Å². The molecular formula is C21H24N4O5S2. The van der Waals surface area contributed by atoms with Crippen molar-refractivity contribution in [2.45, 2.75) is 4.90 Å². The summed E-state index contributed by atoms with van der Waals surface area (Å²) in [5, 5.41) is 8.39. The van der Waals surface area contributed by atoms with Crippen molar-refractivity contribution in [1.29, 1.82) is 0 Å². The lowest BCUT2D eigenvalue weighted by molar-refractivity contribution is -0.116. The minimum Gasteiger partial charge on any atom is -0.497 e. The molecule has 0 saturated carbocycles. The van der Waals surface area contributed by atoms with Gasteiger partial charge in [-0.15, -0.1) is 11.3 Å². The predicted octanol–water partition coefficient (Wildman–Crippen LogP) is 3.13. The van der Waals surface area contributed by atoms with Crippen molar-refractivity contribution in [3.8, 4) is 22.8 Å². The average Bonchev–Trinajstić information content (AvgIpc) is 3.28. The summed E-state index contributed by atoms with van der Waals surface area (Å²) in [6.07, 6.45) is 0. The molecule has 1 amide bonds. The molecule has 170 valence electrons. The van der Waals surface area contributed by atoms with E-state index in [-0.39, 0.29) is 11.4 Å². The number of anilines is 2. The van der Waals surface area contributed by atoms with Crippen molar-refractivity contribution in [2.24, 2.45) is 0 Å². The van der Waals surface area contributed by atoms with E-state index >= 15 is 0 Å². The lowest BCUT2D eigenvalue weighted by Crippen LogP contribution is -2.35. The smallest absolute Gasteiger partial charge is 0.243 e. The third kappa shape index (κ3) is 5.18. The van der Waals surface area contributed by atoms with Crippen molar-refractivity contribution >= 4 is 38.1 Å². The number of likely N-dealkylation sites (N-methyl/N-ethyl adjacent to an activating group) is 1. The Morgan fingerprint density at radius 2 is 1.84 bits per heavy atom. The van der Waals surface area contributed by atoms with Gasteiger partial charge in [-0.1, -0.05) is 0 Å². The van der Waals surface area contributed by atoms with Crippen LogP contribution in [-0.2, 0) is 14.8 Å². The molecule has 0 bridgehead atoms. The van der Waals surface area contributed by atoms with Gasteiger partial charge in [0.1, 0.15) is 11.5 Å². The Kier molecular flexibility index (Phi) is 7.33. The minimum absolute atomic E-state index is 0.0667. The molecule has 0 aliphatic heterocycles. The minimum atomic E-state index is -3.85. The summed E-state index contributed by atoms with van der Waals surface area (Å²) in [4.78, 5) is 17.2. The van der Waals surface area contributed by atoms with E-state index in [4.69, 9.17) is 9.47 Å². The zero-order valence-corrected chi connectivity index (χ0v) is 19.7. The van der Waals surface area contributed by atoms with Crippen LogP contribution in [0.15, 0.2) is 52.7 Å². The largest absolute Gasteiger partial charge is 0.497 e. The monoisotopic (exact) mass is 476 g/mol. The highest BCUT2D eigenvalue weighted by molar-refractivity contribution is 7.89. The first-order chi connectivity index (χ1) is 15.3. The first kappa shape index (κ1) is 23.5. The first-order valence-electron chi connectivity index (χ1n) is 9.50. The fourth-order valence-corrected chi connectivity index (χ4v) is 4.70. The Hall–Kier alpha value is -3.15. The second-order valence-electron chi connectivity index (χ2n) is 6.69. The number of methoxy groups -OCH3 is 2. The van der Waals surface area contributed by atoms with Gasteiger partial charge in [0.2, 0.25) is 15.9 Å². The summed E-state index contributed by atoms with van der Waals surface area (Å²) in [7, 11) is 2.28. The van der Waals surface area contributed by atoms with Crippen LogP contribution in [0.5, 0.6) is 11.5 Å². The zero-order valence-electron chi connectivity index (χ0n) is 18.1. The van der Waals surface area contributed by atoms with Gasteiger partial charge in [-0.25, -0.2) is 13.4 Å². The topological polar surface area (TPSA) is 110 Å². The van der Waals surface area contributed by atoms with Crippen LogP contribution in [0.4, 0.5) is 10.8 Å². The Labute approximate surface area is 191 Å². The second-order valence-corrected chi connectivity index (χ2v) is 9.59. The van der Waals surface area contributed by atoms with E-state index in [0.29, 0.717) is 17.2 Å². The van der Waals surface area contributed by atoms with Gasteiger partial charge in [-0.05, 0) is 42.5 Å². The van der Waals surface area contributed by atoms with Crippen LogP contribution in [0.25, 0.3) is 11.3 Å². The molecular weight excluding hydrogens is 452 g/mol. The number of carbonyl (C=O) groups is 1. The van der Waals surface area contributed by atoms with Crippen LogP contribution in [0.3, 0.4) is 0 Å². The maximum absolute atomic E-state index is 12.8. The third-order valence-electron chi connectivity index (χ3n) is 4.62. The number of ether oxygens (including phenoxy) is 2. The van der Waals surface area contributed by atoms with Crippen LogP contribution >= 0.6 is 11.3 Å². The quantitative estimate of drug-likeness (QED) is 0.488. The highest BCUT2D eigenvalue weighted by Gasteiger charge is 2.23. The van der Waals surface area contributed by atoms with E-state index < -0.39 is 15.9 Å². The lowest BCUT2D eigenvalue weighted by Gasteiger charge is -2.18. The average molecular weight is 477 g/mol. The normalized spacial score (nSPS) is 11.3. The van der Waals surface area contributed by atoms with E-state index in [2.05, 4.69) is 15.6 Å². The summed E-state index contributed by atoms with van der Waals surface area (Å²) in [6.45, 7) is -0.373. The molecule has 2 aromatic carbocycles. The van der Waals surface area contributed by atoms with Crippen molar-refractivity contribution in [3.05, 3.63) is 47.8 Å². The van der Waals surface area contributed by atoms with Gasteiger partial charge in [0.25, 0.3) is 0 Å². The molecule has 1 aromatic heterocycles. The number of benzene rings is 2. The number of aromatic nitrogens is 1. The number of rotatable bonds is 9. The van der Waals surface area contributed by atoms with Crippen LogP contribution in [-0.4, -0.2) is 58.5 Å². The van der Waals surface area contributed by atoms with E-state index in [0.717, 1.165) is 20.7 Å². The first-order valence-corrected chi connectivity index (χ1v) is 11.8. The van der Waals surface area contributed by atoms with E-state index in [1.54, 1.807) is 31.3 Å². The molecule has 2 N–H and O–H groups in total. The van der Waals surface area contributed by atoms with Crippen molar-refractivity contribution < 1.29 is 22.7 Å². The number of sulfonamides is 1. The standard InChI is InChI=1S/C21H24N4O5S2/c1-22-21-24-18(13-31-21)14-5-10-19(30-4)17(11-14)23-20(26)12-25(2)32(27,28)16-8-6-15(29-3)7-9-16/h5-11,13H,12H2,1-4H3,(H,22,24)(H,23,26). The summed E-state index contributed by atoms with van der Waals surface area (Å²) in [6, 6.07) is 11.3. The van der Waals surface area contributed by atoms with E-state index in [9.17, 15) is 13.2 Å². The fraction of sp³-hybridized carbons (Fsp3) is 0.238. The molecule has 0 fully saturated rings. The molecule has 1 heterocycles. The molecule has 0 saturated heterocycles. The van der Waals surface area contributed by atoms with Gasteiger partial charge in [0.05, 0.1) is 37.0 Å². The SMILES string of the molecule is CNc1nc(-c2ccc(OC)c(NC(=O)CN(C)S(=O)(=O)c3ccc(OC)cc3)c2)cs1. The zero-order chi connectivity index (χ0) is 23.3. The molecule has 32 heavy (non-hydrogen) atoms. The third-order valence-corrected chi connectivity index (χ3v) is 7.30. The van der Waals surface area contributed by atoms with Crippen LogP contribution in [0, 0.1) is 0 Å². The number of nitrogens with one attached hydrogen (secondary N) is 2. The molecule has 0 spiro atoms. The Balaban J connectivity index is 1.76. The molecule has 0 unspecified atom stereocenters. The van der Waals surface area contributed by atoms with Gasteiger partial charge in [0.15, 0.2) is 5.13 Å². The van der Waals surface area contributed by atoms with Gasteiger partial charge < -0.3 is 20.1 Å². The number of hydrogen-bond donors (Lipinski definition) is 2. The van der Waals surface area contributed by atoms with Gasteiger partial charge in [0, 0.05) is 25.0 Å². The maximum Gasteiger partial charge on any atom is 0.243 e. The highest BCUT2D eigenvalue weighted by Crippen LogP contribution is 2.32. The highest BCUT2D eigenvalue weighted by atomic mass is 32.2. The summed E-state index contributed by atoms with van der Waals surface area (Å²) >= 11 is 1.46. The molecule has 11 heteroatoms.